The van der Waals surface area contributed by atoms with Gasteiger partial charge in [-0.05, 0) is 29.5 Å². The van der Waals surface area contributed by atoms with Crippen LogP contribution in [-0.2, 0) is 9.59 Å². The average molecular weight is 261 g/mol. The first-order valence-corrected chi connectivity index (χ1v) is 6.54. The highest BCUT2D eigenvalue weighted by Gasteiger charge is 2.28. The highest BCUT2D eigenvalue weighted by atomic mass is 16.5. The highest BCUT2D eigenvalue weighted by Crippen LogP contribution is 2.32. The van der Waals surface area contributed by atoms with Crippen molar-refractivity contribution in [3.63, 3.8) is 0 Å². The molecule has 19 heavy (non-hydrogen) atoms. The Kier molecular flexibility index (Phi) is 3.88. The summed E-state index contributed by atoms with van der Waals surface area (Å²) in [6.07, 6.45) is 0.958. The monoisotopic (exact) mass is 261 g/mol. The summed E-state index contributed by atoms with van der Waals surface area (Å²) in [5, 5.41) is 2.38. The van der Waals surface area contributed by atoms with E-state index in [1.54, 1.807) is 7.11 Å². The lowest BCUT2D eigenvalue weighted by molar-refractivity contribution is -0.134. The van der Waals surface area contributed by atoms with Crippen LogP contribution < -0.4 is 10.1 Å². The van der Waals surface area contributed by atoms with E-state index in [4.69, 9.17) is 4.74 Å². The molecule has 102 valence electrons. The predicted molar refractivity (Wildman–Crippen MR) is 72.2 cm³/mol. The van der Waals surface area contributed by atoms with Crippen LogP contribution in [0.4, 0.5) is 0 Å². The Balaban J connectivity index is 2.31. The second-order valence-corrected chi connectivity index (χ2v) is 5.16. The third kappa shape index (κ3) is 2.78. The lowest BCUT2D eigenvalue weighted by Crippen LogP contribution is -2.39. The van der Waals surface area contributed by atoms with Gasteiger partial charge < -0.3 is 4.74 Å². The molecule has 1 aliphatic heterocycles. The molecule has 1 fully saturated rings. The SMILES string of the molecule is COc1cc(C2CCC(=O)NC2=O)ccc1C(C)C. The number of piperidine rings is 1. The Bertz CT molecular complexity index is 508. The van der Waals surface area contributed by atoms with Crippen LogP contribution in [0.15, 0.2) is 18.2 Å². The number of carbonyl (C=O) groups is 2. The van der Waals surface area contributed by atoms with Gasteiger partial charge in [0.2, 0.25) is 11.8 Å². The third-order valence-electron chi connectivity index (χ3n) is 3.52. The van der Waals surface area contributed by atoms with Gasteiger partial charge in [0.1, 0.15) is 5.75 Å². The summed E-state index contributed by atoms with van der Waals surface area (Å²) < 4.78 is 5.40. The molecule has 1 N–H and O–H groups in total. The Morgan fingerprint density at radius 3 is 2.63 bits per heavy atom. The Morgan fingerprint density at radius 1 is 1.32 bits per heavy atom. The Morgan fingerprint density at radius 2 is 2.05 bits per heavy atom. The molecule has 1 heterocycles. The van der Waals surface area contributed by atoms with Crippen LogP contribution in [0.5, 0.6) is 5.75 Å². The van der Waals surface area contributed by atoms with Crippen LogP contribution in [0.3, 0.4) is 0 Å². The van der Waals surface area contributed by atoms with Gasteiger partial charge in [0.05, 0.1) is 13.0 Å². The number of rotatable bonds is 3. The van der Waals surface area contributed by atoms with Gasteiger partial charge in [-0.25, -0.2) is 0 Å². The summed E-state index contributed by atoms with van der Waals surface area (Å²) in [6.45, 7) is 4.20. The maximum atomic E-state index is 11.9. The molecule has 1 aromatic rings. The van der Waals surface area contributed by atoms with E-state index in [1.807, 2.05) is 18.2 Å². The first kappa shape index (κ1) is 13.6. The highest BCUT2D eigenvalue weighted by molar-refractivity contribution is 6.00. The minimum atomic E-state index is -0.257. The number of nitrogens with one attached hydrogen (secondary N) is 1. The lowest BCUT2D eigenvalue weighted by atomic mass is 9.88. The molecule has 0 bridgehead atoms. The molecule has 1 atom stereocenters. The molecule has 4 nitrogen and oxygen atoms in total. The summed E-state index contributed by atoms with van der Waals surface area (Å²) in [5.41, 5.74) is 2.03. The van der Waals surface area contributed by atoms with Crippen molar-refractivity contribution in [2.75, 3.05) is 7.11 Å². The van der Waals surface area contributed by atoms with Crippen LogP contribution in [-0.4, -0.2) is 18.9 Å². The van der Waals surface area contributed by atoms with Crippen LogP contribution in [0.25, 0.3) is 0 Å². The van der Waals surface area contributed by atoms with E-state index in [2.05, 4.69) is 19.2 Å². The quantitative estimate of drug-likeness (QED) is 0.850. The zero-order chi connectivity index (χ0) is 14.0. The van der Waals surface area contributed by atoms with Gasteiger partial charge in [0.25, 0.3) is 0 Å². The molecule has 0 spiro atoms. The van der Waals surface area contributed by atoms with Crippen molar-refractivity contribution in [3.8, 4) is 5.75 Å². The standard InChI is InChI=1S/C15H19NO3/c1-9(2)11-5-4-10(8-13(11)19-3)12-6-7-14(17)16-15(12)18/h4-5,8-9,12H,6-7H2,1-3H3,(H,16,17,18). The number of ether oxygens (including phenoxy) is 1. The number of hydrogen-bond acceptors (Lipinski definition) is 3. The molecule has 2 amide bonds. The molecule has 0 saturated carbocycles. The van der Waals surface area contributed by atoms with E-state index in [9.17, 15) is 9.59 Å². The van der Waals surface area contributed by atoms with E-state index in [-0.39, 0.29) is 17.7 Å². The Labute approximate surface area is 113 Å². The zero-order valence-corrected chi connectivity index (χ0v) is 11.5. The number of benzene rings is 1. The first-order chi connectivity index (χ1) is 9.02. The van der Waals surface area contributed by atoms with E-state index in [0.717, 1.165) is 16.9 Å². The van der Waals surface area contributed by atoms with Crippen LogP contribution in [0, 0.1) is 0 Å². The maximum Gasteiger partial charge on any atom is 0.234 e. The van der Waals surface area contributed by atoms with Crippen molar-refractivity contribution in [1.29, 1.82) is 0 Å². The fourth-order valence-corrected chi connectivity index (χ4v) is 2.43. The lowest BCUT2D eigenvalue weighted by Gasteiger charge is -2.22. The molecule has 1 unspecified atom stereocenters. The number of hydrogen-bond donors (Lipinski definition) is 1. The van der Waals surface area contributed by atoms with Gasteiger partial charge in [-0.2, -0.15) is 0 Å². The van der Waals surface area contributed by atoms with Gasteiger partial charge in [0.15, 0.2) is 0 Å². The molecule has 1 aromatic carbocycles. The van der Waals surface area contributed by atoms with Gasteiger partial charge in [-0.3, -0.25) is 14.9 Å². The fraction of sp³-hybridized carbons (Fsp3) is 0.467. The van der Waals surface area contributed by atoms with Crippen molar-refractivity contribution in [2.45, 2.75) is 38.5 Å². The Hall–Kier alpha value is -1.84. The molecule has 4 heteroatoms. The molecule has 2 rings (SSSR count). The normalized spacial score (nSPS) is 19.5. The molecular formula is C15H19NO3. The van der Waals surface area contributed by atoms with E-state index < -0.39 is 0 Å². The second-order valence-electron chi connectivity index (χ2n) is 5.16. The molecule has 0 aliphatic carbocycles. The molecule has 0 aromatic heterocycles. The van der Waals surface area contributed by atoms with E-state index >= 15 is 0 Å². The molecule has 1 aliphatic rings. The predicted octanol–water partition coefficient (Wildman–Crippen LogP) is 2.34. The van der Waals surface area contributed by atoms with Crippen molar-refractivity contribution >= 4 is 11.8 Å². The zero-order valence-electron chi connectivity index (χ0n) is 11.5. The van der Waals surface area contributed by atoms with E-state index in [1.165, 1.54) is 0 Å². The number of carbonyl (C=O) groups excluding carboxylic acids is 2. The average Bonchev–Trinajstić information content (AvgIpc) is 2.37. The summed E-state index contributed by atoms with van der Waals surface area (Å²) in [5.74, 6) is 0.512. The number of methoxy groups -OCH3 is 1. The van der Waals surface area contributed by atoms with Crippen molar-refractivity contribution in [2.24, 2.45) is 0 Å². The van der Waals surface area contributed by atoms with Gasteiger partial charge in [-0.15, -0.1) is 0 Å². The third-order valence-corrected chi connectivity index (χ3v) is 3.52. The molecule has 0 radical (unpaired) electrons. The minimum absolute atomic E-state index is 0.188. The topological polar surface area (TPSA) is 55.4 Å². The number of imide groups is 1. The minimum Gasteiger partial charge on any atom is -0.496 e. The van der Waals surface area contributed by atoms with Crippen LogP contribution in [0.1, 0.15) is 49.7 Å². The molecule has 1 saturated heterocycles. The van der Waals surface area contributed by atoms with Gasteiger partial charge in [-0.1, -0.05) is 26.0 Å². The maximum absolute atomic E-state index is 11.9. The summed E-state index contributed by atoms with van der Waals surface area (Å²) in [7, 11) is 1.63. The van der Waals surface area contributed by atoms with Crippen molar-refractivity contribution in [1.82, 2.24) is 5.32 Å². The number of amides is 2. The summed E-state index contributed by atoms with van der Waals surface area (Å²) in [4.78, 5) is 23.0. The van der Waals surface area contributed by atoms with Crippen molar-refractivity contribution in [3.05, 3.63) is 29.3 Å². The molecular weight excluding hydrogens is 242 g/mol. The van der Waals surface area contributed by atoms with Gasteiger partial charge in [0, 0.05) is 6.42 Å². The largest absolute Gasteiger partial charge is 0.496 e. The van der Waals surface area contributed by atoms with Crippen LogP contribution >= 0.6 is 0 Å². The first-order valence-electron chi connectivity index (χ1n) is 6.54. The second kappa shape index (κ2) is 5.43. The van der Waals surface area contributed by atoms with Crippen molar-refractivity contribution < 1.29 is 14.3 Å². The van der Waals surface area contributed by atoms with Gasteiger partial charge >= 0.3 is 0 Å². The summed E-state index contributed by atoms with van der Waals surface area (Å²) >= 11 is 0. The smallest absolute Gasteiger partial charge is 0.234 e. The van der Waals surface area contributed by atoms with Crippen LogP contribution in [0.2, 0.25) is 0 Å². The van der Waals surface area contributed by atoms with E-state index in [0.29, 0.717) is 18.8 Å². The fourth-order valence-electron chi connectivity index (χ4n) is 2.43. The summed E-state index contributed by atoms with van der Waals surface area (Å²) in [6, 6.07) is 5.87.